The monoisotopic (exact) mass is 199 g/mol. The standard InChI is InChI=1S/C8H9NO3S/c1-3-8-5-4-6-13(8,7(2)10)9(11)12/h3-6H,1H2,2H3. The van der Waals surface area contributed by atoms with E-state index in [1.54, 1.807) is 6.08 Å². The average Bonchev–Trinajstić information content (AvgIpc) is 2.47. The number of nitro groups is 1. The van der Waals surface area contributed by atoms with Crippen LogP contribution in [0.2, 0.25) is 0 Å². The van der Waals surface area contributed by atoms with E-state index in [0.29, 0.717) is 4.91 Å². The molecular weight excluding hydrogens is 190 g/mol. The molecule has 0 bridgehead atoms. The molecule has 0 amide bonds. The van der Waals surface area contributed by atoms with Gasteiger partial charge in [-0.2, -0.15) is 0 Å². The van der Waals surface area contributed by atoms with Gasteiger partial charge in [0.15, 0.2) is 0 Å². The summed E-state index contributed by atoms with van der Waals surface area (Å²) in [4.78, 5) is 22.5. The summed E-state index contributed by atoms with van der Waals surface area (Å²) in [6, 6.07) is 0. The van der Waals surface area contributed by atoms with Gasteiger partial charge in [0.2, 0.25) is 5.12 Å². The first-order chi connectivity index (χ1) is 6.05. The van der Waals surface area contributed by atoms with Crippen LogP contribution < -0.4 is 0 Å². The summed E-state index contributed by atoms with van der Waals surface area (Å²) in [6.07, 6.45) is 4.47. The van der Waals surface area contributed by atoms with Crippen molar-refractivity contribution in [2.75, 3.05) is 0 Å². The Hall–Kier alpha value is -1.36. The minimum absolute atomic E-state index is 0.407. The molecule has 1 atom stereocenters. The molecule has 13 heavy (non-hydrogen) atoms. The molecule has 0 N–H and O–H groups in total. The highest BCUT2D eigenvalue weighted by molar-refractivity contribution is 8.45. The van der Waals surface area contributed by atoms with Crippen LogP contribution in [0.1, 0.15) is 6.92 Å². The quantitative estimate of drug-likeness (QED) is 0.505. The van der Waals surface area contributed by atoms with E-state index in [1.807, 2.05) is 0 Å². The lowest BCUT2D eigenvalue weighted by molar-refractivity contribution is -0.292. The Morgan fingerprint density at radius 1 is 1.77 bits per heavy atom. The van der Waals surface area contributed by atoms with E-state index in [9.17, 15) is 14.9 Å². The Bertz CT molecular complexity index is 329. The van der Waals surface area contributed by atoms with Gasteiger partial charge in [-0.1, -0.05) is 12.7 Å². The predicted molar refractivity (Wildman–Crippen MR) is 52.7 cm³/mol. The average molecular weight is 199 g/mol. The molecular formula is C8H9NO3S. The smallest absolute Gasteiger partial charge is 0.237 e. The Balaban J connectivity index is 3.28. The van der Waals surface area contributed by atoms with Crippen molar-refractivity contribution < 1.29 is 9.12 Å². The van der Waals surface area contributed by atoms with Crippen LogP contribution in [0, 0.1) is 10.1 Å². The van der Waals surface area contributed by atoms with Crippen LogP contribution in [0.15, 0.2) is 35.1 Å². The van der Waals surface area contributed by atoms with Crippen LogP contribution in [0.25, 0.3) is 0 Å². The first-order valence-electron chi connectivity index (χ1n) is 3.55. The van der Waals surface area contributed by atoms with Crippen LogP contribution in [0.3, 0.4) is 0 Å². The number of nitrogens with zero attached hydrogens (tertiary/aromatic N) is 1. The molecule has 0 aromatic carbocycles. The van der Waals surface area contributed by atoms with Crippen molar-refractivity contribution in [3.05, 3.63) is 45.2 Å². The maximum Gasteiger partial charge on any atom is 0.237 e. The van der Waals surface area contributed by atoms with Crippen LogP contribution in [0.5, 0.6) is 0 Å². The van der Waals surface area contributed by atoms with E-state index in [4.69, 9.17) is 0 Å². The summed E-state index contributed by atoms with van der Waals surface area (Å²) in [5.41, 5.74) is 0. The molecule has 0 aromatic rings. The van der Waals surface area contributed by atoms with Gasteiger partial charge in [0, 0.05) is 12.3 Å². The van der Waals surface area contributed by atoms with E-state index < -0.39 is 19.7 Å². The molecule has 1 aliphatic rings. The van der Waals surface area contributed by atoms with Crippen LogP contribution in [-0.4, -0.2) is 9.44 Å². The summed E-state index contributed by atoms with van der Waals surface area (Å²) in [6.45, 7) is 4.70. The highest BCUT2D eigenvalue weighted by Gasteiger charge is 2.44. The normalized spacial score (nSPS) is 30.4. The summed E-state index contributed by atoms with van der Waals surface area (Å²) in [5, 5.41) is 11.8. The van der Waals surface area contributed by atoms with Gasteiger partial charge >= 0.3 is 0 Å². The zero-order chi connectivity index (χ0) is 10.1. The fraction of sp³-hybridized carbons (Fsp3) is 0.125. The molecule has 0 radical (unpaired) electrons. The maximum atomic E-state index is 11.2. The van der Waals surface area contributed by atoms with Crippen LogP contribution >= 0.6 is 10.2 Å². The molecule has 1 rings (SSSR count). The van der Waals surface area contributed by atoms with Crippen LogP contribution in [-0.2, 0) is 4.79 Å². The Kier molecular flexibility index (Phi) is 2.38. The lowest BCUT2D eigenvalue weighted by Crippen LogP contribution is -2.15. The Morgan fingerprint density at radius 3 is 2.69 bits per heavy atom. The zero-order valence-electron chi connectivity index (χ0n) is 7.10. The van der Waals surface area contributed by atoms with Crippen molar-refractivity contribution >= 4 is 15.3 Å². The second kappa shape index (κ2) is 3.18. The zero-order valence-corrected chi connectivity index (χ0v) is 7.91. The van der Waals surface area contributed by atoms with E-state index in [0.717, 1.165) is 0 Å². The third-order valence-electron chi connectivity index (χ3n) is 1.77. The number of hydrogen-bond donors (Lipinski definition) is 0. The third kappa shape index (κ3) is 1.21. The van der Waals surface area contributed by atoms with Crippen molar-refractivity contribution in [3.63, 3.8) is 0 Å². The summed E-state index contributed by atoms with van der Waals surface area (Å²) >= 11 is 0. The second-order valence-electron chi connectivity index (χ2n) is 2.44. The lowest BCUT2D eigenvalue weighted by atomic mass is 10.5. The van der Waals surface area contributed by atoms with Crippen molar-refractivity contribution in [1.82, 2.24) is 0 Å². The molecule has 1 aliphatic heterocycles. The highest BCUT2D eigenvalue weighted by atomic mass is 32.3. The molecule has 0 spiro atoms. The van der Waals surface area contributed by atoms with Gasteiger partial charge in [-0.05, 0) is 12.2 Å². The van der Waals surface area contributed by atoms with E-state index in [1.165, 1.54) is 24.5 Å². The first-order valence-corrected chi connectivity index (χ1v) is 5.20. The third-order valence-corrected chi connectivity index (χ3v) is 4.69. The van der Waals surface area contributed by atoms with E-state index in [2.05, 4.69) is 6.58 Å². The molecule has 0 fully saturated rings. The molecule has 0 aromatic heterocycles. The van der Waals surface area contributed by atoms with Crippen molar-refractivity contribution in [1.29, 1.82) is 0 Å². The van der Waals surface area contributed by atoms with Gasteiger partial charge in [0.05, 0.1) is 9.23 Å². The van der Waals surface area contributed by atoms with Gasteiger partial charge < -0.3 is 0 Å². The van der Waals surface area contributed by atoms with Crippen molar-refractivity contribution in [2.24, 2.45) is 0 Å². The summed E-state index contributed by atoms with van der Waals surface area (Å²) in [7, 11) is -2.64. The topological polar surface area (TPSA) is 60.2 Å². The summed E-state index contributed by atoms with van der Waals surface area (Å²) < 4.78 is -0.508. The molecule has 5 heteroatoms. The van der Waals surface area contributed by atoms with Crippen molar-refractivity contribution in [3.8, 4) is 0 Å². The molecule has 0 saturated heterocycles. The number of hydrogen-bond acceptors (Lipinski definition) is 3. The fourth-order valence-corrected chi connectivity index (χ4v) is 3.14. The lowest BCUT2D eigenvalue weighted by Gasteiger charge is -2.21. The van der Waals surface area contributed by atoms with Gasteiger partial charge in [-0.3, -0.25) is 14.9 Å². The largest absolute Gasteiger partial charge is 0.282 e. The number of carbonyl (C=O) groups excluding carboxylic acids is 1. The predicted octanol–water partition coefficient (Wildman–Crippen LogP) is 2.13. The summed E-state index contributed by atoms with van der Waals surface area (Å²) in [5.74, 6) is 0. The first kappa shape index (κ1) is 9.73. The van der Waals surface area contributed by atoms with Gasteiger partial charge in [-0.25, -0.2) is 0 Å². The minimum Gasteiger partial charge on any atom is -0.282 e. The number of rotatable bonds is 2. The van der Waals surface area contributed by atoms with E-state index >= 15 is 0 Å². The molecule has 1 heterocycles. The SMILES string of the molecule is C=CC1=CC=CS1(C(C)=O)[N+](=O)[O-]. The minimum atomic E-state index is -2.64. The number of allylic oxidation sites excluding steroid dienone is 3. The number of carbonyl (C=O) groups is 1. The van der Waals surface area contributed by atoms with Gasteiger partial charge in [0.1, 0.15) is 10.2 Å². The highest BCUT2D eigenvalue weighted by Crippen LogP contribution is 2.60. The fourth-order valence-electron chi connectivity index (χ4n) is 1.13. The van der Waals surface area contributed by atoms with Crippen molar-refractivity contribution in [2.45, 2.75) is 6.92 Å². The van der Waals surface area contributed by atoms with Crippen LogP contribution in [0.4, 0.5) is 0 Å². The molecule has 70 valence electrons. The van der Waals surface area contributed by atoms with Gasteiger partial charge in [0.25, 0.3) is 0 Å². The molecule has 0 saturated carbocycles. The Morgan fingerprint density at radius 2 is 2.38 bits per heavy atom. The molecule has 4 nitrogen and oxygen atoms in total. The maximum absolute atomic E-state index is 11.2. The van der Waals surface area contributed by atoms with Gasteiger partial charge in [-0.15, -0.1) is 0 Å². The van der Waals surface area contributed by atoms with E-state index in [-0.39, 0.29) is 0 Å². The molecule has 0 aliphatic carbocycles. The Labute approximate surface area is 77.2 Å². The second-order valence-corrected chi connectivity index (χ2v) is 5.31. The molecule has 1 unspecified atom stereocenters.